The van der Waals surface area contributed by atoms with Gasteiger partial charge >= 0.3 is 16.1 Å². The molecule has 12 heteroatoms. The molecule has 0 spiro atoms. The number of benzene rings is 2. The van der Waals surface area contributed by atoms with Crippen LogP contribution in [-0.4, -0.2) is 52.4 Å². The number of halogens is 2. The van der Waals surface area contributed by atoms with Crippen LogP contribution in [0.25, 0.3) is 0 Å². The van der Waals surface area contributed by atoms with E-state index in [1.165, 1.54) is 25.3 Å². The zero-order valence-corrected chi connectivity index (χ0v) is 22.1. The van der Waals surface area contributed by atoms with Gasteiger partial charge in [0.1, 0.15) is 22.5 Å². The molecular weight excluding hydrogens is 517 g/mol. The summed E-state index contributed by atoms with van der Waals surface area (Å²) in [5, 5.41) is 3.58. The van der Waals surface area contributed by atoms with Crippen LogP contribution < -0.4 is 14.8 Å². The average Bonchev–Trinajstić information content (AvgIpc) is 2.79. The minimum Gasteiger partial charge on any atom is -0.496 e. The summed E-state index contributed by atoms with van der Waals surface area (Å²) < 4.78 is 42.6. The molecule has 35 heavy (non-hydrogen) atoms. The van der Waals surface area contributed by atoms with Crippen molar-refractivity contribution in [3.63, 3.8) is 0 Å². The third-order valence-electron chi connectivity index (χ3n) is 5.70. The predicted octanol–water partition coefficient (Wildman–Crippen LogP) is 4.10. The summed E-state index contributed by atoms with van der Waals surface area (Å²) in [5.41, 5.74) is 1.18. The van der Waals surface area contributed by atoms with Gasteiger partial charge in [0, 0.05) is 24.2 Å². The van der Waals surface area contributed by atoms with Crippen LogP contribution in [-0.2, 0) is 14.9 Å². The largest absolute Gasteiger partial charge is 0.496 e. The molecule has 0 unspecified atom stereocenters. The van der Waals surface area contributed by atoms with Crippen molar-refractivity contribution in [2.75, 3.05) is 26.8 Å². The van der Waals surface area contributed by atoms with Gasteiger partial charge in [0.15, 0.2) is 5.75 Å². The number of nitrogens with zero attached hydrogens (tertiary/aromatic N) is 2. The van der Waals surface area contributed by atoms with E-state index in [0.717, 1.165) is 18.4 Å². The second kappa shape index (κ2) is 12.3. The van der Waals surface area contributed by atoms with E-state index in [9.17, 15) is 13.2 Å². The minimum atomic E-state index is -4.33. The number of piperidine rings is 1. The van der Waals surface area contributed by atoms with Crippen LogP contribution in [0.3, 0.4) is 0 Å². The van der Waals surface area contributed by atoms with Crippen LogP contribution in [0, 0.1) is 6.92 Å². The lowest BCUT2D eigenvalue weighted by molar-refractivity contribution is 0.0523. The first-order valence-corrected chi connectivity index (χ1v) is 12.6. The van der Waals surface area contributed by atoms with Gasteiger partial charge in [-0.3, -0.25) is 0 Å². The normalized spacial score (nSPS) is 14.5. The highest BCUT2D eigenvalue weighted by atomic mass is 35.5. The van der Waals surface area contributed by atoms with Crippen LogP contribution >= 0.6 is 24.0 Å². The van der Waals surface area contributed by atoms with E-state index in [0.29, 0.717) is 24.4 Å². The summed E-state index contributed by atoms with van der Waals surface area (Å²) in [6.07, 6.45) is 3.09. The SMILES string of the molecule is CCOC(=O)c1c(OS(=O)(=O)c2ccccc2Cl)cc(C2CCN(C=NN)CC2)c(OC)c1C.Cl. The van der Waals surface area contributed by atoms with E-state index in [4.69, 9.17) is 31.1 Å². The van der Waals surface area contributed by atoms with Crippen LogP contribution in [0.15, 0.2) is 40.3 Å². The maximum Gasteiger partial charge on any atom is 0.342 e. The Hall–Kier alpha value is -2.69. The van der Waals surface area contributed by atoms with Crippen LogP contribution in [0.5, 0.6) is 11.5 Å². The summed E-state index contributed by atoms with van der Waals surface area (Å²) in [5.74, 6) is 4.96. The molecule has 3 rings (SSSR count). The Morgan fingerprint density at radius 3 is 2.51 bits per heavy atom. The van der Waals surface area contributed by atoms with Gasteiger partial charge in [-0.2, -0.15) is 13.5 Å². The molecule has 0 aliphatic carbocycles. The van der Waals surface area contributed by atoms with Crippen LogP contribution in [0.1, 0.15) is 47.2 Å². The van der Waals surface area contributed by atoms with E-state index in [-0.39, 0.29) is 46.2 Å². The molecular formula is C23H29Cl2N3O6S. The standard InChI is InChI=1S/C23H28ClN3O6S.ClH/c1-4-32-23(28)21-15(2)22(31-3)17(16-9-11-27(12-10-16)14-26-25)13-19(21)33-34(29,30)20-8-6-5-7-18(20)24;/h5-8,13-14,16H,4,9-12,25H2,1-3H3;1H. The van der Waals surface area contributed by atoms with Crippen LogP contribution in [0.2, 0.25) is 5.02 Å². The molecule has 0 radical (unpaired) electrons. The molecule has 1 heterocycles. The number of hydrogen-bond donors (Lipinski definition) is 1. The Morgan fingerprint density at radius 2 is 1.94 bits per heavy atom. The number of ether oxygens (including phenoxy) is 2. The van der Waals surface area contributed by atoms with E-state index >= 15 is 0 Å². The Bertz CT molecular complexity index is 1180. The van der Waals surface area contributed by atoms with Crippen molar-refractivity contribution in [2.45, 2.75) is 37.5 Å². The fraction of sp³-hybridized carbons (Fsp3) is 0.391. The molecule has 0 bridgehead atoms. The molecule has 2 aromatic rings. The molecule has 1 fully saturated rings. The van der Waals surface area contributed by atoms with Crippen molar-refractivity contribution in [3.8, 4) is 11.5 Å². The number of hydrazone groups is 1. The number of carbonyl (C=O) groups excluding carboxylic acids is 1. The lowest BCUT2D eigenvalue weighted by atomic mass is 9.86. The number of likely N-dealkylation sites (tertiary alicyclic amines) is 1. The highest BCUT2D eigenvalue weighted by molar-refractivity contribution is 7.87. The molecule has 9 nitrogen and oxygen atoms in total. The van der Waals surface area contributed by atoms with Crippen molar-refractivity contribution in [2.24, 2.45) is 10.9 Å². The van der Waals surface area contributed by atoms with Gasteiger partial charge in [-0.25, -0.2) is 4.79 Å². The third-order valence-corrected chi connectivity index (χ3v) is 7.43. The summed E-state index contributed by atoms with van der Waals surface area (Å²) >= 11 is 6.10. The number of nitrogens with two attached hydrogens (primary N) is 1. The maximum atomic E-state index is 13.1. The molecule has 2 aromatic carbocycles. The number of rotatable bonds is 8. The number of carbonyl (C=O) groups is 1. The van der Waals surface area contributed by atoms with Gasteiger partial charge < -0.3 is 24.4 Å². The Labute approximate surface area is 216 Å². The van der Waals surface area contributed by atoms with Gasteiger partial charge in [0.2, 0.25) is 0 Å². The smallest absolute Gasteiger partial charge is 0.342 e. The van der Waals surface area contributed by atoms with Gasteiger partial charge in [0.25, 0.3) is 0 Å². The van der Waals surface area contributed by atoms with E-state index in [1.54, 1.807) is 32.3 Å². The summed E-state index contributed by atoms with van der Waals surface area (Å²) in [4.78, 5) is 14.6. The zero-order valence-electron chi connectivity index (χ0n) is 19.7. The van der Waals surface area contributed by atoms with Gasteiger partial charge in [-0.1, -0.05) is 23.7 Å². The van der Waals surface area contributed by atoms with Crippen molar-refractivity contribution in [3.05, 3.63) is 52.0 Å². The quantitative estimate of drug-likeness (QED) is 0.131. The Balaban J connectivity index is 0.00000432. The molecule has 2 N–H and O–H groups in total. The van der Waals surface area contributed by atoms with Crippen molar-refractivity contribution in [1.29, 1.82) is 0 Å². The minimum absolute atomic E-state index is 0. The lowest BCUT2D eigenvalue weighted by Gasteiger charge is -2.32. The first-order chi connectivity index (χ1) is 16.2. The molecule has 192 valence electrons. The predicted molar refractivity (Wildman–Crippen MR) is 136 cm³/mol. The summed E-state index contributed by atoms with van der Waals surface area (Å²) in [7, 11) is -2.82. The monoisotopic (exact) mass is 545 g/mol. The fourth-order valence-electron chi connectivity index (χ4n) is 4.12. The number of esters is 1. The average molecular weight is 546 g/mol. The maximum absolute atomic E-state index is 13.1. The first-order valence-electron chi connectivity index (χ1n) is 10.8. The first kappa shape index (κ1) is 28.5. The van der Waals surface area contributed by atoms with E-state index < -0.39 is 16.1 Å². The molecule has 0 saturated carbocycles. The Morgan fingerprint density at radius 1 is 1.29 bits per heavy atom. The van der Waals surface area contributed by atoms with Gasteiger partial charge in [-0.05, 0) is 50.8 Å². The van der Waals surface area contributed by atoms with Crippen LogP contribution in [0.4, 0.5) is 0 Å². The molecule has 1 aliphatic rings. The fourth-order valence-corrected chi connectivity index (χ4v) is 5.55. The third kappa shape index (κ3) is 6.31. The Kier molecular flexibility index (Phi) is 10.1. The highest BCUT2D eigenvalue weighted by Gasteiger charge is 2.31. The lowest BCUT2D eigenvalue weighted by Crippen LogP contribution is -2.32. The molecule has 0 atom stereocenters. The molecule has 0 aromatic heterocycles. The summed E-state index contributed by atoms with van der Waals surface area (Å²) in [6, 6.07) is 7.50. The molecule has 1 aliphatic heterocycles. The van der Waals surface area contributed by atoms with Gasteiger partial charge in [-0.15, -0.1) is 12.4 Å². The van der Waals surface area contributed by atoms with E-state index in [2.05, 4.69) is 5.10 Å². The van der Waals surface area contributed by atoms with Crippen molar-refractivity contribution < 1.29 is 26.9 Å². The van der Waals surface area contributed by atoms with Crippen molar-refractivity contribution >= 4 is 46.4 Å². The number of hydrogen-bond acceptors (Lipinski definition) is 8. The van der Waals surface area contributed by atoms with E-state index in [1.807, 2.05) is 4.90 Å². The number of methoxy groups -OCH3 is 1. The van der Waals surface area contributed by atoms with Gasteiger partial charge in [0.05, 0.1) is 18.7 Å². The second-order valence-corrected chi connectivity index (χ2v) is 9.68. The van der Waals surface area contributed by atoms with Crippen molar-refractivity contribution in [1.82, 2.24) is 4.90 Å². The molecule has 1 saturated heterocycles. The molecule has 0 amide bonds. The zero-order chi connectivity index (χ0) is 24.9. The highest BCUT2D eigenvalue weighted by Crippen LogP contribution is 2.42. The summed E-state index contributed by atoms with van der Waals surface area (Å²) in [6.45, 7) is 4.88. The topological polar surface area (TPSA) is 121 Å². The second-order valence-electron chi connectivity index (χ2n) is 7.76.